The molecule has 100 valence electrons. The molecule has 0 radical (unpaired) electrons. The largest absolute Gasteiger partial charge is 0.352 e. The maximum absolute atomic E-state index is 11.9. The van der Waals surface area contributed by atoms with Crippen molar-refractivity contribution in [3.05, 3.63) is 35.4 Å². The van der Waals surface area contributed by atoms with E-state index in [4.69, 9.17) is 11.6 Å². The van der Waals surface area contributed by atoms with Crippen molar-refractivity contribution in [1.82, 2.24) is 5.32 Å². The number of halogens is 1. The number of hydrogen-bond acceptors (Lipinski definition) is 1. The van der Waals surface area contributed by atoms with E-state index in [1.807, 2.05) is 24.3 Å². The molecule has 0 heterocycles. The van der Waals surface area contributed by atoms with Crippen molar-refractivity contribution in [3.63, 3.8) is 0 Å². The van der Waals surface area contributed by atoms with E-state index in [1.54, 1.807) is 0 Å². The van der Waals surface area contributed by atoms with Gasteiger partial charge in [0.2, 0.25) is 0 Å². The van der Waals surface area contributed by atoms with Gasteiger partial charge >= 0.3 is 0 Å². The van der Waals surface area contributed by atoms with Crippen molar-refractivity contribution in [3.8, 4) is 0 Å². The average Bonchev–Trinajstić information content (AvgIpc) is 2.43. The zero-order chi connectivity index (χ0) is 13.4. The first-order chi connectivity index (χ1) is 8.71. The summed E-state index contributed by atoms with van der Waals surface area (Å²) < 4.78 is 0. The summed E-state index contributed by atoms with van der Waals surface area (Å²) in [6, 6.07) is 7.78. The van der Waals surface area contributed by atoms with Gasteiger partial charge in [-0.15, -0.1) is 11.6 Å². The molecule has 0 aliphatic heterocycles. The molecule has 1 aromatic rings. The standard InChI is InChI=1S/C15H22ClNO/c1-3-12-5-7-14(8-6-12)15(18)17-11-13(4-2)9-10-16/h5-8,13H,3-4,9-11H2,1-2H3,(H,17,18). The Hall–Kier alpha value is -1.02. The Bertz CT molecular complexity index is 361. The van der Waals surface area contributed by atoms with Crippen LogP contribution in [-0.4, -0.2) is 18.3 Å². The molecule has 0 saturated heterocycles. The van der Waals surface area contributed by atoms with Gasteiger partial charge in [-0.2, -0.15) is 0 Å². The third-order valence-electron chi connectivity index (χ3n) is 3.27. The molecule has 1 unspecified atom stereocenters. The second-order valence-electron chi connectivity index (χ2n) is 4.51. The third-order valence-corrected chi connectivity index (χ3v) is 3.49. The van der Waals surface area contributed by atoms with Crippen LogP contribution in [0.5, 0.6) is 0 Å². The van der Waals surface area contributed by atoms with Gasteiger partial charge in [0, 0.05) is 18.0 Å². The molecule has 0 aliphatic carbocycles. The number of carbonyl (C=O) groups excluding carboxylic acids is 1. The molecule has 0 aliphatic rings. The SMILES string of the molecule is CCc1ccc(C(=O)NCC(CC)CCCl)cc1. The molecule has 0 fully saturated rings. The zero-order valence-electron chi connectivity index (χ0n) is 11.2. The summed E-state index contributed by atoms with van der Waals surface area (Å²) in [5.74, 6) is 1.13. The van der Waals surface area contributed by atoms with Gasteiger partial charge in [-0.1, -0.05) is 32.4 Å². The van der Waals surface area contributed by atoms with Crippen LogP contribution in [-0.2, 0) is 6.42 Å². The molecule has 18 heavy (non-hydrogen) atoms. The van der Waals surface area contributed by atoms with Crippen molar-refractivity contribution >= 4 is 17.5 Å². The molecule has 0 saturated carbocycles. The summed E-state index contributed by atoms with van der Waals surface area (Å²) in [5.41, 5.74) is 1.98. The molecular formula is C15H22ClNO. The summed E-state index contributed by atoms with van der Waals surface area (Å²) in [6.45, 7) is 4.93. The lowest BCUT2D eigenvalue weighted by Gasteiger charge is -2.14. The van der Waals surface area contributed by atoms with Crippen molar-refractivity contribution in [2.75, 3.05) is 12.4 Å². The molecule has 1 N–H and O–H groups in total. The molecule has 1 aromatic carbocycles. The monoisotopic (exact) mass is 267 g/mol. The van der Waals surface area contributed by atoms with Crippen molar-refractivity contribution in [1.29, 1.82) is 0 Å². The van der Waals surface area contributed by atoms with Crippen molar-refractivity contribution in [2.45, 2.75) is 33.1 Å². The zero-order valence-corrected chi connectivity index (χ0v) is 12.0. The highest BCUT2D eigenvalue weighted by Gasteiger charge is 2.09. The van der Waals surface area contributed by atoms with E-state index < -0.39 is 0 Å². The van der Waals surface area contributed by atoms with Gasteiger partial charge < -0.3 is 5.32 Å². The van der Waals surface area contributed by atoms with E-state index in [-0.39, 0.29) is 5.91 Å². The van der Waals surface area contributed by atoms with E-state index in [0.29, 0.717) is 18.3 Å². The number of alkyl halides is 1. The van der Waals surface area contributed by atoms with Crippen LogP contribution in [0.3, 0.4) is 0 Å². The topological polar surface area (TPSA) is 29.1 Å². The van der Waals surface area contributed by atoms with Gasteiger partial charge in [0.25, 0.3) is 5.91 Å². The lowest BCUT2D eigenvalue weighted by Crippen LogP contribution is -2.29. The number of benzene rings is 1. The number of hydrogen-bond donors (Lipinski definition) is 1. The van der Waals surface area contributed by atoms with Crippen molar-refractivity contribution in [2.24, 2.45) is 5.92 Å². The Balaban J connectivity index is 2.48. The minimum atomic E-state index is 0.00526. The fourth-order valence-corrected chi connectivity index (χ4v) is 2.14. The highest BCUT2D eigenvalue weighted by Crippen LogP contribution is 2.09. The maximum atomic E-state index is 11.9. The van der Waals surface area contributed by atoms with Gasteiger partial charge in [0.05, 0.1) is 0 Å². The lowest BCUT2D eigenvalue weighted by molar-refractivity contribution is 0.0946. The third kappa shape index (κ3) is 4.69. The number of carbonyl (C=O) groups is 1. The van der Waals surface area contributed by atoms with E-state index in [0.717, 1.165) is 24.8 Å². The van der Waals surface area contributed by atoms with Gasteiger partial charge in [-0.25, -0.2) is 0 Å². The normalized spacial score (nSPS) is 12.2. The van der Waals surface area contributed by atoms with Crippen LogP contribution in [0.15, 0.2) is 24.3 Å². The number of aryl methyl sites for hydroxylation is 1. The van der Waals surface area contributed by atoms with Crippen LogP contribution in [0.4, 0.5) is 0 Å². The summed E-state index contributed by atoms with van der Waals surface area (Å²) in [6.07, 6.45) is 2.99. The fourth-order valence-electron chi connectivity index (χ4n) is 1.84. The molecule has 0 bridgehead atoms. The average molecular weight is 268 g/mol. The van der Waals surface area contributed by atoms with Crippen LogP contribution in [0.25, 0.3) is 0 Å². The maximum Gasteiger partial charge on any atom is 0.251 e. The quantitative estimate of drug-likeness (QED) is 0.751. The highest BCUT2D eigenvalue weighted by atomic mass is 35.5. The Morgan fingerprint density at radius 1 is 1.28 bits per heavy atom. The molecular weight excluding hydrogens is 246 g/mol. The Kier molecular flexibility index (Phi) is 6.81. The molecule has 3 heteroatoms. The van der Waals surface area contributed by atoms with E-state index in [9.17, 15) is 4.79 Å². The predicted molar refractivity (Wildman–Crippen MR) is 77.3 cm³/mol. The summed E-state index contributed by atoms with van der Waals surface area (Å²) >= 11 is 5.73. The second kappa shape index (κ2) is 8.15. The molecule has 1 rings (SSSR count). The van der Waals surface area contributed by atoms with Crippen molar-refractivity contribution < 1.29 is 4.79 Å². The summed E-state index contributed by atoms with van der Waals surface area (Å²) in [4.78, 5) is 11.9. The van der Waals surface area contributed by atoms with E-state index in [1.165, 1.54) is 5.56 Å². The Labute approximate surface area is 115 Å². The molecule has 1 amide bonds. The van der Waals surface area contributed by atoms with Crippen LogP contribution in [0.1, 0.15) is 42.6 Å². The Morgan fingerprint density at radius 3 is 2.44 bits per heavy atom. The van der Waals surface area contributed by atoms with E-state index >= 15 is 0 Å². The summed E-state index contributed by atoms with van der Waals surface area (Å²) in [7, 11) is 0. The van der Waals surface area contributed by atoms with Gasteiger partial charge in [-0.3, -0.25) is 4.79 Å². The predicted octanol–water partition coefficient (Wildman–Crippen LogP) is 3.63. The Morgan fingerprint density at radius 2 is 1.94 bits per heavy atom. The highest BCUT2D eigenvalue weighted by molar-refractivity contribution is 6.17. The molecule has 0 aromatic heterocycles. The van der Waals surface area contributed by atoms with Gasteiger partial charge in [0.1, 0.15) is 0 Å². The number of amides is 1. The molecule has 1 atom stereocenters. The van der Waals surface area contributed by atoms with Crippen LogP contribution >= 0.6 is 11.6 Å². The van der Waals surface area contributed by atoms with Crippen LogP contribution < -0.4 is 5.32 Å². The van der Waals surface area contributed by atoms with Crippen LogP contribution in [0, 0.1) is 5.92 Å². The minimum Gasteiger partial charge on any atom is -0.352 e. The molecule has 0 spiro atoms. The smallest absolute Gasteiger partial charge is 0.251 e. The van der Waals surface area contributed by atoms with Crippen LogP contribution in [0.2, 0.25) is 0 Å². The minimum absolute atomic E-state index is 0.00526. The van der Waals surface area contributed by atoms with Gasteiger partial charge in [-0.05, 0) is 36.5 Å². The summed E-state index contributed by atoms with van der Waals surface area (Å²) in [5, 5.41) is 2.97. The number of rotatable bonds is 7. The first-order valence-electron chi connectivity index (χ1n) is 6.64. The molecule has 2 nitrogen and oxygen atoms in total. The van der Waals surface area contributed by atoms with E-state index in [2.05, 4.69) is 19.2 Å². The number of nitrogens with one attached hydrogen (secondary N) is 1. The van der Waals surface area contributed by atoms with Gasteiger partial charge in [0.15, 0.2) is 0 Å². The first-order valence-corrected chi connectivity index (χ1v) is 7.17. The lowest BCUT2D eigenvalue weighted by atomic mass is 10.0. The second-order valence-corrected chi connectivity index (χ2v) is 4.89. The first kappa shape index (κ1) is 15.0. The fraction of sp³-hybridized carbons (Fsp3) is 0.533.